The lowest BCUT2D eigenvalue weighted by molar-refractivity contribution is 0.0697. The number of carboxylic acids is 1. The summed E-state index contributed by atoms with van der Waals surface area (Å²) in [6.45, 7) is 0.169. The molecule has 1 aromatic heterocycles. The number of nitrogens with zero attached hydrogens (tertiary/aromatic N) is 3. The minimum absolute atomic E-state index is 0.158. The van der Waals surface area contributed by atoms with Crippen LogP contribution in [0.5, 0.6) is 11.5 Å². The highest BCUT2D eigenvalue weighted by Crippen LogP contribution is 2.37. The molecule has 5 rings (SSSR count). The summed E-state index contributed by atoms with van der Waals surface area (Å²) >= 11 is 10.0. The van der Waals surface area contributed by atoms with Crippen molar-refractivity contribution in [1.82, 2.24) is 9.66 Å². The highest BCUT2D eigenvalue weighted by molar-refractivity contribution is 9.10. The van der Waals surface area contributed by atoms with Crippen LogP contribution in [0.2, 0.25) is 5.02 Å². The molecular weight excluding hydrogens is 598 g/mol. The average Bonchev–Trinajstić information content (AvgIpc) is 2.96. The van der Waals surface area contributed by atoms with E-state index in [1.807, 2.05) is 12.1 Å². The zero-order valence-corrected chi connectivity index (χ0v) is 24.1. The number of aromatic carboxylic acids is 1. The number of carbonyl (C=O) groups is 1. The summed E-state index contributed by atoms with van der Waals surface area (Å²) in [6.07, 6.45) is 6.89. The van der Waals surface area contributed by atoms with Gasteiger partial charge in [-0.2, -0.15) is 9.78 Å². The maximum Gasteiger partial charge on any atom is 0.335 e. The summed E-state index contributed by atoms with van der Waals surface area (Å²) in [5, 5.41) is 14.5. The molecule has 0 bridgehead atoms. The molecule has 0 saturated heterocycles. The smallest absolute Gasteiger partial charge is 0.335 e. The van der Waals surface area contributed by atoms with Crippen molar-refractivity contribution >= 4 is 50.6 Å². The molecule has 8 nitrogen and oxygen atoms in total. The molecule has 0 amide bonds. The first-order valence-electron chi connectivity index (χ1n) is 12.9. The molecule has 0 radical (unpaired) electrons. The number of benzene rings is 3. The molecule has 3 aromatic carbocycles. The minimum atomic E-state index is -0.991. The van der Waals surface area contributed by atoms with Crippen LogP contribution in [-0.2, 0) is 6.61 Å². The Balaban J connectivity index is 1.46. The molecule has 0 aliphatic heterocycles. The van der Waals surface area contributed by atoms with E-state index in [0.29, 0.717) is 38.8 Å². The monoisotopic (exact) mass is 623 g/mol. The molecule has 40 heavy (non-hydrogen) atoms. The maximum atomic E-state index is 13.6. The molecule has 1 N–H and O–H groups in total. The van der Waals surface area contributed by atoms with Crippen LogP contribution in [0.4, 0.5) is 0 Å². The van der Waals surface area contributed by atoms with Gasteiger partial charge >= 0.3 is 5.97 Å². The highest BCUT2D eigenvalue weighted by atomic mass is 79.9. The van der Waals surface area contributed by atoms with Crippen LogP contribution in [0, 0.1) is 0 Å². The highest BCUT2D eigenvalue weighted by Gasteiger charge is 2.22. The van der Waals surface area contributed by atoms with Gasteiger partial charge in [-0.15, -0.1) is 0 Å². The minimum Gasteiger partial charge on any atom is -0.493 e. The molecule has 0 unspecified atom stereocenters. The van der Waals surface area contributed by atoms with Crippen LogP contribution in [-0.4, -0.2) is 34.1 Å². The average molecular weight is 625 g/mol. The van der Waals surface area contributed by atoms with E-state index in [2.05, 4.69) is 21.0 Å². The molecule has 1 aliphatic rings. The van der Waals surface area contributed by atoms with Crippen molar-refractivity contribution in [3.05, 3.63) is 97.0 Å². The lowest BCUT2D eigenvalue weighted by atomic mass is 9.88. The Kier molecular flexibility index (Phi) is 8.52. The summed E-state index contributed by atoms with van der Waals surface area (Å²) in [5.41, 5.74) is 2.02. The third kappa shape index (κ3) is 6.05. The second kappa shape index (κ2) is 12.2. The normalized spacial score (nSPS) is 14.1. The SMILES string of the molecule is COc1cc(C=Nn2c(C3CCCCC3)nc3ccc(Br)cc3c2=O)cc(Cl)c1OCc1ccc(C(=O)O)cc1. The van der Waals surface area contributed by atoms with Gasteiger partial charge in [0.15, 0.2) is 11.5 Å². The number of fused-ring (bicyclic) bond motifs is 1. The predicted octanol–water partition coefficient (Wildman–Crippen LogP) is 7.03. The summed E-state index contributed by atoms with van der Waals surface area (Å²) in [6, 6.07) is 15.3. The standard InChI is InChI=1S/C30H27BrClN3O5/c1-39-26-14-19(13-24(32)27(26)40-17-18-7-9-21(10-8-18)30(37)38)16-33-35-28(20-5-3-2-4-6-20)34-25-12-11-22(31)15-23(25)29(35)36/h7-16,20H,2-6,17H2,1H3,(H,37,38). The van der Waals surface area contributed by atoms with Gasteiger partial charge in [0.05, 0.1) is 34.8 Å². The zero-order chi connectivity index (χ0) is 28.2. The van der Waals surface area contributed by atoms with Gasteiger partial charge in [-0.25, -0.2) is 9.78 Å². The number of ether oxygens (including phenoxy) is 2. The van der Waals surface area contributed by atoms with Gasteiger partial charge < -0.3 is 14.6 Å². The largest absolute Gasteiger partial charge is 0.493 e. The molecule has 1 fully saturated rings. The van der Waals surface area contributed by atoms with Gasteiger partial charge in [0.1, 0.15) is 12.4 Å². The van der Waals surface area contributed by atoms with Crippen molar-refractivity contribution in [2.24, 2.45) is 5.10 Å². The summed E-state index contributed by atoms with van der Waals surface area (Å²) in [5.74, 6) is 0.583. The Morgan fingerprint density at radius 3 is 2.60 bits per heavy atom. The number of carboxylic acid groups (broad SMARTS) is 1. The van der Waals surface area contributed by atoms with E-state index in [1.165, 1.54) is 30.3 Å². The number of hydrogen-bond acceptors (Lipinski definition) is 6. The molecule has 206 valence electrons. The first kappa shape index (κ1) is 27.9. The van der Waals surface area contributed by atoms with Crippen molar-refractivity contribution in [2.45, 2.75) is 44.6 Å². The van der Waals surface area contributed by atoms with E-state index in [1.54, 1.807) is 36.5 Å². The Labute approximate surface area is 244 Å². The Morgan fingerprint density at radius 2 is 1.90 bits per heavy atom. The van der Waals surface area contributed by atoms with E-state index >= 15 is 0 Å². The fourth-order valence-corrected chi connectivity index (χ4v) is 5.52. The van der Waals surface area contributed by atoms with Crippen molar-refractivity contribution in [3.8, 4) is 11.5 Å². The van der Waals surface area contributed by atoms with Crippen molar-refractivity contribution in [3.63, 3.8) is 0 Å². The summed E-state index contributed by atoms with van der Waals surface area (Å²) in [4.78, 5) is 29.5. The lowest BCUT2D eigenvalue weighted by Crippen LogP contribution is -2.25. The van der Waals surface area contributed by atoms with Crippen LogP contribution < -0.4 is 15.0 Å². The van der Waals surface area contributed by atoms with E-state index in [-0.39, 0.29) is 23.6 Å². The van der Waals surface area contributed by atoms with Gasteiger partial charge in [0.2, 0.25) is 0 Å². The van der Waals surface area contributed by atoms with Gasteiger partial charge in [-0.05, 0) is 66.4 Å². The Morgan fingerprint density at radius 1 is 1.15 bits per heavy atom. The number of hydrogen-bond donors (Lipinski definition) is 1. The molecule has 1 aliphatic carbocycles. The van der Waals surface area contributed by atoms with E-state index in [0.717, 1.165) is 35.7 Å². The zero-order valence-electron chi connectivity index (χ0n) is 21.8. The molecule has 4 aromatic rings. The van der Waals surface area contributed by atoms with E-state index < -0.39 is 5.97 Å². The van der Waals surface area contributed by atoms with Crippen LogP contribution >= 0.6 is 27.5 Å². The lowest BCUT2D eigenvalue weighted by Gasteiger charge is -2.22. The van der Waals surface area contributed by atoms with Crippen molar-refractivity contribution in [1.29, 1.82) is 0 Å². The van der Waals surface area contributed by atoms with Gasteiger partial charge in [-0.3, -0.25) is 4.79 Å². The van der Waals surface area contributed by atoms with Crippen molar-refractivity contribution < 1.29 is 19.4 Å². The summed E-state index contributed by atoms with van der Waals surface area (Å²) < 4.78 is 13.7. The molecule has 0 atom stereocenters. The molecular formula is C30H27BrClN3O5. The van der Waals surface area contributed by atoms with E-state index in [9.17, 15) is 9.59 Å². The first-order valence-corrected chi connectivity index (χ1v) is 14.1. The summed E-state index contributed by atoms with van der Waals surface area (Å²) in [7, 11) is 1.51. The first-order chi connectivity index (χ1) is 19.3. The molecule has 0 spiro atoms. The Bertz CT molecular complexity index is 1650. The number of halogens is 2. The van der Waals surface area contributed by atoms with Crippen LogP contribution in [0.3, 0.4) is 0 Å². The third-order valence-electron chi connectivity index (χ3n) is 6.96. The second-order valence-corrected chi connectivity index (χ2v) is 11.0. The number of aromatic nitrogens is 2. The molecule has 1 heterocycles. The molecule has 10 heteroatoms. The number of rotatable bonds is 8. The Hall–Kier alpha value is -3.69. The topological polar surface area (TPSA) is 103 Å². The maximum absolute atomic E-state index is 13.6. The van der Waals surface area contributed by atoms with Crippen molar-refractivity contribution in [2.75, 3.05) is 7.11 Å². The van der Waals surface area contributed by atoms with Crippen LogP contribution in [0.25, 0.3) is 10.9 Å². The fraction of sp³-hybridized carbons (Fsp3) is 0.267. The van der Waals surface area contributed by atoms with Gasteiger partial charge in [-0.1, -0.05) is 58.9 Å². The predicted molar refractivity (Wildman–Crippen MR) is 158 cm³/mol. The van der Waals surface area contributed by atoms with E-state index in [4.69, 9.17) is 31.2 Å². The third-order valence-corrected chi connectivity index (χ3v) is 7.74. The van der Waals surface area contributed by atoms with Gasteiger partial charge in [0, 0.05) is 10.4 Å². The van der Waals surface area contributed by atoms with Crippen LogP contribution in [0.15, 0.2) is 69.0 Å². The second-order valence-electron chi connectivity index (χ2n) is 9.65. The fourth-order valence-electron chi connectivity index (χ4n) is 4.88. The van der Waals surface area contributed by atoms with Gasteiger partial charge in [0.25, 0.3) is 5.56 Å². The molecule has 1 saturated carbocycles. The van der Waals surface area contributed by atoms with Crippen LogP contribution in [0.1, 0.15) is 65.3 Å². The quantitative estimate of drug-likeness (QED) is 0.211. The number of methoxy groups -OCH3 is 1.